The molecule has 138 valence electrons. The Labute approximate surface area is 145 Å². The fourth-order valence-electron chi connectivity index (χ4n) is 1.90. The minimum atomic E-state index is -4.41. The van der Waals surface area contributed by atoms with Crippen molar-refractivity contribution in [2.24, 2.45) is 7.05 Å². The Morgan fingerprint density at radius 2 is 2.00 bits per heavy atom. The molecule has 0 aliphatic rings. The fraction of sp³-hybridized carbons (Fsp3) is 0.357. The number of para-hydroxylation sites is 2. The molecule has 1 aromatic heterocycles. The maximum atomic E-state index is 10.8. The first-order valence-corrected chi connectivity index (χ1v) is 8.56. The first kappa shape index (κ1) is 20.5. The zero-order chi connectivity index (χ0) is 18.9. The molecule has 2 rings (SSSR count). The lowest BCUT2D eigenvalue weighted by Crippen LogP contribution is -2.23. The van der Waals surface area contributed by atoms with E-state index in [1.165, 1.54) is 6.07 Å². The maximum absolute atomic E-state index is 10.8. The number of anilines is 1. The number of hydrogen-bond acceptors (Lipinski definition) is 7. The van der Waals surface area contributed by atoms with Crippen LogP contribution in [0.5, 0.6) is 0 Å². The van der Waals surface area contributed by atoms with E-state index in [0.717, 1.165) is 20.1 Å². The van der Waals surface area contributed by atoms with Crippen LogP contribution in [0.3, 0.4) is 0 Å². The van der Waals surface area contributed by atoms with Crippen LogP contribution in [0.25, 0.3) is 0 Å². The molecule has 0 atom stereocenters. The van der Waals surface area contributed by atoms with Gasteiger partial charge in [0.25, 0.3) is 5.69 Å². The second-order valence-corrected chi connectivity index (χ2v) is 6.10. The first-order chi connectivity index (χ1) is 11.7. The molecule has 0 saturated heterocycles. The number of rotatable bonds is 7. The average molecular weight is 372 g/mol. The molecule has 1 heterocycles. The van der Waals surface area contributed by atoms with Gasteiger partial charge in [0.15, 0.2) is 0 Å². The van der Waals surface area contributed by atoms with E-state index in [9.17, 15) is 23.1 Å². The summed E-state index contributed by atoms with van der Waals surface area (Å²) in [6.45, 7) is 1.58. The highest BCUT2D eigenvalue weighted by Gasteiger charge is 2.11. The van der Waals surface area contributed by atoms with Gasteiger partial charge in [-0.15, -0.1) is 0 Å². The van der Waals surface area contributed by atoms with E-state index in [1.807, 2.05) is 30.3 Å². The molecule has 0 saturated carbocycles. The normalized spacial score (nSPS) is 10.7. The summed E-state index contributed by atoms with van der Waals surface area (Å²) in [7, 11) is -1.63. The van der Waals surface area contributed by atoms with Gasteiger partial charge in [0.2, 0.25) is 16.7 Å². The molecule has 25 heavy (non-hydrogen) atoms. The van der Waals surface area contributed by atoms with Crippen molar-refractivity contribution in [2.75, 3.05) is 19.0 Å². The minimum absolute atomic E-state index is 0.120. The van der Waals surface area contributed by atoms with E-state index >= 15 is 0 Å². The Bertz CT molecular complexity index is 790. The summed E-state index contributed by atoms with van der Waals surface area (Å²) in [5.74, 6) is 0. The quantitative estimate of drug-likeness (QED) is 0.190. The van der Waals surface area contributed by atoms with Gasteiger partial charge in [-0.05, 0) is 6.07 Å². The van der Waals surface area contributed by atoms with Crippen LogP contribution >= 0.6 is 0 Å². The SMILES string of the molecule is COS(=O)(=O)[O-].C[n+]1ccn(CCCNc2ccccc2[N+](=O)[O-])c1. The summed E-state index contributed by atoms with van der Waals surface area (Å²) in [5, 5.41) is 13.9. The molecule has 0 unspecified atom stereocenters. The second kappa shape index (κ2) is 9.71. The predicted octanol–water partition coefficient (Wildman–Crippen LogP) is 0.816. The van der Waals surface area contributed by atoms with Gasteiger partial charge in [0.05, 0.1) is 25.6 Å². The van der Waals surface area contributed by atoms with Crippen molar-refractivity contribution in [3.05, 3.63) is 53.1 Å². The topological polar surface area (TPSA) is 130 Å². The van der Waals surface area contributed by atoms with Crippen LogP contribution in [0.4, 0.5) is 11.4 Å². The summed E-state index contributed by atoms with van der Waals surface area (Å²) >= 11 is 0. The molecule has 1 aromatic carbocycles. The van der Waals surface area contributed by atoms with E-state index in [1.54, 1.807) is 18.2 Å². The van der Waals surface area contributed by atoms with E-state index in [-0.39, 0.29) is 10.6 Å². The number of nitro groups is 1. The summed E-state index contributed by atoms with van der Waals surface area (Å²) in [5.41, 5.74) is 0.695. The highest BCUT2D eigenvalue weighted by molar-refractivity contribution is 7.80. The van der Waals surface area contributed by atoms with Crippen molar-refractivity contribution >= 4 is 21.8 Å². The number of nitrogens with one attached hydrogen (secondary N) is 1. The Balaban J connectivity index is 0.000000450. The zero-order valence-corrected chi connectivity index (χ0v) is 14.7. The average Bonchev–Trinajstić information content (AvgIpc) is 2.97. The van der Waals surface area contributed by atoms with Gasteiger partial charge in [-0.2, -0.15) is 0 Å². The van der Waals surface area contributed by atoms with Crippen LogP contribution in [-0.4, -0.2) is 36.1 Å². The van der Waals surface area contributed by atoms with Crippen molar-refractivity contribution in [2.45, 2.75) is 13.0 Å². The van der Waals surface area contributed by atoms with Gasteiger partial charge in [-0.1, -0.05) is 12.1 Å². The number of nitro benzene ring substituents is 1. The smallest absolute Gasteiger partial charge is 0.292 e. The number of nitrogens with zero attached hydrogens (tertiary/aromatic N) is 3. The molecule has 0 bridgehead atoms. The minimum Gasteiger partial charge on any atom is -0.726 e. The largest absolute Gasteiger partial charge is 0.726 e. The number of aromatic nitrogens is 2. The van der Waals surface area contributed by atoms with Crippen molar-refractivity contribution in [3.63, 3.8) is 0 Å². The van der Waals surface area contributed by atoms with E-state index in [0.29, 0.717) is 12.2 Å². The molecule has 2 aromatic rings. The first-order valence-electron chi connectivity index (χ1n) is 7.22. The third-order valence-electron chi connectivity index (χ3n) is 3.04. The van der Waals surface area contributed by atoms with Crippen molar-refractivity contribution in [1.29, 1.82) is 0 Å². The van der Waals surface area contributed by atoms with Crippen molar-refractivity contribution in [3.8, 4) is 0 Å². The number of imidazole rings is 1. The molecular weight excluding hydrogens is 352 g/mol. The summed E-state index contributed by atoms with van der Waals surface area (Å²) in [6.07, 6.45) is 6.89. The lowest BCUT2D eigenvalue weighted by molar-refractivity contribution is -0.671. The van der Waals surface area contributed by atoms with Crippen LogP contribution in [0, 0.1) is 10.1 Å². The van der Waals surface area contributed by atoms with Crippen molar-refractivity contribution < 1.29 is 26.6 Å². The van der Waals surface area contributed by atoms with Crippen LogP contribution in [0.15, 0.2) is 43.0 Å². The van der Waals surface area contributed by atoms with E-state index in [4.69, 9.17) is 0 Å². The second-order valence-electron chi connectivity index (χ2n) is 4.95. The number of benzene rings is 1. The Kier molecular flexibility index (Phi) is 7.98. The zero-order valence-electron chi connectivity index (χ0n) is 13.9. The molecule has 0 aliphatic heterocycles. The third kappa shape index (κ3) is 8.24. The van der Waals surface area contributed by atoms with Crippen LogP contribution in [0.2, 0.25) is 0 Å². The van der Waals surface area contributed by atoms with Gasteiger partial charge in [0.1, 0.15) is 18.1 Å². The van der Waals surface area contributed by atoms with Gasteiger partial charge in [-0.25, -0.2) is 17.6 Å². The molecule has 0 amide bonds. The number of hydrogen-bond donors (Lipinski definition) is 1. The summed E-state index contributed by atoms with van der Waals surface area (Å²) in [6, 6.07) is 6.70. The maximum Gasteiger partial charge on any atom is 0.292 e. The Morgan fingerprint density at radius 1 is 1.36 bits per heavy atom. The number of aryl methyl sites for hydroxylation is 2. The van der Waals surface area contributed by atoms with Crippen molar-refractivity contribution in [1.82, 2.24) is 4.57 Å². The van der Waals surface area contributed by atoms with Crippen LogP contribution < -0.4 is 9.88 Å². The fourth-order valence-corrected chi connectivity index (χ4v) is 1.90. The van der Waals surface area contributed by atoms with Gasteiger partial charge < -0.3 is 9.87 Å². The molecule has 0 spiro atoms. The summed E-state index contributed by atoms with van der Waals surface area (Å²) in [4.78, 5) is 10.5. The monoisotopic (exact) mass is 372 g/mol. The lowest BCUT2D eigenvalue weighted by Gasteiger charge is -2.05. The molecule has 0 aliphatic carbocycles. The molecule has 10 nitrogen and oxygen atoms in total. The molecule has 0 fully saturated rings. The lowest BCUT2D eigenvalue weighted by atomic mass is 10.2. The highest BCUT2D eigenvalue weighted by Crippen LogP contribution is 2.22. The molecule has 1 N–H and O–H groups in total. The Hall–Kier alpha value is -2.50. The predicted molar refractivity (Wildman–Crippen MR) is 88.5 cm³/mol. The van der Waals surface area contributed by atoms with Crippen LogP contribution in [-0.2, 0) is 28.2 Å². The molecule has 11 heteroatoms. The van der Waals surface area contributed by atoms with E-state index in [2.05, 4.69) is 14.1 Å². The van der Waals surface area contributed by atoms with Gasteiger partial charge in [0, 0.05) is 19.0 Å². The van der Waals surface area contributed by atoms with Gasteiger partial charge >= 0.3 is 0 Å². The molecular formula is C14H20N4O6S. The third-order valence-corrected chi connectivity index (χ3v) is 3.45. The van der Waals surface area contributed by atoms with E-state index < -0.39 is 10.4 Å². The molecule has 0 radical (unpaired) electrons. The standard InChI is InChI=1S/C13H17N4O2.CH4O4S/c1-15-9-10-16(11-15)8-4-7-14-12-5-2-3-6-13(12)17(18)19;1-5-6(2,3)4/h2-3,5-6,9-11,14H,4,7-8H2,1H3;1H3,(H,2,3,4)/q+1;/p-1. The van der Waals surface area contributed by atoms with Crippen LogP contribution in [0.1, 0.15) is 6.42 Å². The highest BCUT2D eigenvalue weighted by atomic mass is 32.3. The Morgan fingerprint density at radius 3 is 2.52 bits per heavy atom. The van der Waals surface area contributed by atoms with Gasteiger partial charge in [-0.3, -0.25) is 14.3 Å². The summed E-state index contributed by atoms with van der Waals surface area (Å²) < 4.78 is 35.1.